The zero-order valence-electron chi connectivity index (χ0n) is 17.7. The zero-order valence-corrected chi connectivity index (χ0v) is 17.7. The Morgan fingerprint density at radius 3 is 2.63 bits per heavy atom. The molecule has 166 valence electrons. The average Bonchev–Trinajstić information content (AvgIpc) is 3.53. The zero-order chi connectivity index (χ0) is 21.5. The van der Waals surface area contributed by atoms with Crippen LogP contribution in [0.5, 0.6) is 5.75 Å². The maximum Gasteiger partial charge on any atom is 0.341 e. The van der Waals surface area contributed by atoms with Gasteiger partial charge in [-0.1, -0.05) is 25.3 Å². The molecule has 1 aromatic rings. The predicted molar refractivity (Wildman–Crippen MR) is 112 cm³/mol. The van der Waals surface area contributed by atoms with Crippen molar-refractivity contribution < 1.29 is 18.7 Å². The molecule has 3 N–H and O–H groups in total. The van der Waals surface area contributed by atoms with Crippen LogP contribution in [-0.4, -0.2) is 48.1 Å². The summed E-state index contributed by atoms with van der Waals surface area (Å²) in [5.74, 6) is 5.67. The predicted octanol–water partition coefficient (Wildman–Crippen LogP) is 3.35. The number of benzene rings is 1. The molecule has 0 unspecified atom stereocenters. The summed E-state index contributed by atoms with van der Waals surface area (Å²) in [5, 5.41) is 4.18. The number of nitrogens with one attached hydrogen (secondary N) is 1. The Hall–Kier alpha value is -2.19. The van der Waals surface area contributed by atoms with Crippen molar-refractivity contribution in [2.75, 3.05) is 26.2 Å². The number of hydrogen-bond acceptors (Lipinski definition) is 5. The Balaban J connectivity index is 1.26. The van der Waals surface area contributed by atoms with E-state index >= 15 is 0 Å². The summed E-state index contributed by atoms with van der Waals surface area (Å²) in [6, 6.07) is 4.83. The van der Waals surface area contributed by atoms with Gasteiger partial charge in [0.25, 0.3) is 5.91 Å². The summed E-state index contributed by atoms with van der Waals surface area (Å²) in [4.78, 5) is 24.5. The number of unbranched alkanes of at least 4 members (excludes halogenated alkanes) is 4. The highest BCUT2D eigenvalue weighted by Gasteiger charge is 2.33. The molecule has 1 aliphatic heterocycles. The number of urea groups is 1. The van der Waals surface area contributed by atoms with Gasteiger partial charge in [-0.15, -0.1) is 0 Å². The van der Waals surface area contributed by atoms with Gasteiger partial charge in [0.05, 0.1) is 6.61 Å². The summed E-state index contributed by atoms with van der Waals surface area (Å²) < 4.78 is 19.6. The van der Waals surface area contributed by atoms with E-state index in [4.69, 9.17) is 10.6 Å². The van der Waals surface area contributed by atoms with Crippen molar-refractivity contribution in [2.24, 2.45) is 11.8 Å². The third-order valence-corrected chi connectivity index (χ3v) is 5.75. The molecule has 0 radical (unpaired) electrons. The molecule has 0 spiro atoms. The normalized spacial score (nSPS) is 17.7. The van der Waals surface area contributed by atoms with E-state index in [1.54, 1.807) is 0 Å². The minimum atomic E-state index is -0.403. The van der Waals surface area contributed by atoms with E-state index in [1.807, 2.05) is 12.1 Å². The van der Waals surface area contributed by atoms with E-state index in [0.717, 1.165) is 44.2 Å². The van der Waals surface area contributed by atoms with Crippen LogP contribution in [0.4, 0.5) is 9.18 Å². The maximum absolute atomic E-state index is 13.9. The van der Waals surface area contributed by atoms with Crippen molar-refractivity contribution in [1.29, 1.82) is 0 Å². The van der Waals surface area contributed by atoms with Gasteiger partial charge in [0.1, 0.15) is 6.54 Å². The first-order valence-electron chi connectivity index (χ1n) is 11.0. The van der Waals surface area contributed by atoms with Crippen LogP contribution in [0.1, 0.15) is 63.5 Å². The largest absolute Gasteiger partial charge is 0.490 e. The lowest BCUT2D eigenvalue weighted by molar-refractivity contribution is -0.125. The second kappa shape index (κ2) is 10.7. The van der Waals surface area contributed by atoms with E-state index < -0.39 is 6.03 Å². The van der Waals surface area contributed by atoms with Gasteiger partial charge >= 0.3 is 6.03 Å². The average molecular weight is 421 g/mol. The fraction of sp³-hybridized carbons (Fsp3) is 0.636. The number of carbonyl (C=O) groups is 2. The van der Waals surface area contributed by atoms with Crippen molar-refractivity contribution in [1.82, 2.24) is 15.2 Å². The fourth-order valence-corrected chi connectivity index (χ4v) is 3.53. The quantitative estimate of drug-likeness (QED) is 0.221. The summed E-state index contributed by atoms with van der Waals surface area (Å²) in [7, 11) is 0. The first kappa shape index (κ1) is 22.5. The topological polar surface area (TPSA) is 87.9 Å². The van der Waals surface area contributed by atoms with Gasteiger partial charge in [-0.05, 0) is 62.8 Å². The summed E-state index contributed by atoms with van der Waals surface area (Å²) >= 11 is 0. The number of ether oxygens (including phenoxy) is 1. The second-order valence-corrected chi connectivity index (χ2v) is 8.36. The van der Waals surface area contributed by atoms with E-state index in [9.17, 15) is 14.0 Å². The first-order chi connectivity index (χ1) is 14.5. The van der Waals surface area contributed by atoms with Crippen LogP contribution in [0.3, 0.4) is 0 Å². The lowest BCUT2D eigenvalue weighted by Crippen LogP contribution is -2.38. The van der Waals surface area contributed by atoms with Crippen molar-refractivity contribution >= 4 is 11.9 Å². The number of nitrogens with two attached hydrogens (primary N) is 1. The Bertz CT molecular complexity index is 741. The second-order valence-electron chi connectivity index (χ2n) is 8.36. The van der Waals surface area contributed by atoms with Gasteiger partial charge in [0.2, 0.25) is 0 Å². The molecule has 1 atom stereocenters. The van der Waals surface area contributed by atoms with Crippen LogP contribution < -0.4 is 15.9 Å². The summed E-state index contributed by atoms with van der Waals surface area (Å²) in [6.45, 7) is 4.23. The molecule has 7 nitrogen and oxygen atoms in total. The smallest absolute Gasteiger partial charge is 0.341 e. The molecule has 8 heteroatoms. The van der Waals surface area contributed by atoms with Gasteiger partial charge in [-0.25, -0.2) is 15.0 Å². The Morgan fingerprint density at radius 2 is 1.93 bits per heavy atom. The maximum atomic E-state index is 13.9. The van der Waals surface area contributed by atoms with Crippen molar-refractivity contribution in [3.05, 3.63) is 29.6 Å². The van der Waals surface area contributed by atoms with Gasteiger partial charge in [0.15, 0.2) is 11.6 Å². The van der Waals surface area contributed by atoms with Gasteiger partial charge < -0.3 is 15.0 Å². The number of carbonyl (C=O) groups excluding carboxylic acids is 2. The molecule has 3 amide bonds. The molecule has 1 saturated carbocycles. The van der Waals surface area contributed by atoms with Crippen LogP contribution in [0.15, 0.2) is 18.2 Å². The lowest BCUT2D eigenvalue weighted by atomic mass is 10.1. The Morgan fingerprint density at radius 1 is 1.20 bits per heavy atom. The highest BCUT2D eigenvalue weighted by atomic mass is 19.1. The highest BCUT2D eigenvalue weighted by Crippen LogP contribution is 2.31. The van der Waals surface area contributed by atoms with Crippen LogP contribution in [0.2, 0.25) is 0 Å². The van der Waals surface area contributed by atoms with Gasteiger partial charge in [-0.2, -0.15) is 5.01 Å². The highest BCUT2D eigenvalue weighted by molar-refractivity contribution is 6.01. The lowest BCUT2D eigenvalue weighted by Gasteiger charge is -2.16. The molecule has 0 bridgehead atoms. The first-order valence-corrected chi connectivity index (χ1v) is 11.0. The number of amides is 3. The van der Waals surface area contributed by atoms with Crippen molar-refractivity contribution in [3.8, 4) is 5.75 Å². The molecular weight excluding hydrogens is 387 g/mol. The number of hydrazine groups is 1. The molecule has 1 aromatic carbocycles. The number of rotatable bonds is 13. The van der Waals surface area contributed by atoms with Crippen LogP contribution in [0, 0.1) is 11.7 Å². The van der Waals surface area contributed by atoms with Crippen LogP contribution in [0.25, 0.3) is 0 Å². The molecule has 2 aliphatic rings. The van der Waals surface area contributed by atoms with Gasteiger partial charge in [-0.3, -0.25) is 4.79 Å². The van der Waals surface area contributed by atoms with E-state index in [-0.39, 0.29) is 24.3 Å². The molecular formula is C22H33FN4O3. The summed E-state index contributed by atoms with van der Waals surface area (Å²) in [5.41, 5.74) is 1.03. The van der Waals surface area contributed by atoms with E-state index in [0.29, 0.717) is 29.8 Å². The third kappa shape index (κ3) is 6.40. The number of nitrogens with zero attached hydrogens (tertiary/aromatic N) is 2. The molecule has 3 rings (SSSR count). The van der Waals surface area contributed by atoms with E-state index in [1.165, 1.54) is 23.8 Å². The molecule has 30 heavy (non-hydrogen) atoms. The minimum Gasteiger partial charge on any atom is -0.490 e. The fourth-order valence-electron chi connectivity index (χ4n) is 3.53. The standard InChI is InChI=1S/C22H33FN4O3/c1-16(18-9-10-19(23)20(13-18)30-15-17-7-8-17)25-11-5-3-2-4-6-12-26-14-21(28)27(24)22(26)29/h9-10,13,16-17,25H,2-8,11-12,14-15,24H2,1H3/t16-/m1/s1. The molecule has 2 fully saturated rings. The van der Waals surface area contributed by atoms with E-state index in [2.05, 4.69) is 12.2 Å². The molecule has 0 aromatic heterocycles. The molecule has 1 saturated heterocycles. The van der Waals surface area contributed by atoms with Crippen molar-refractivity contribution in [2.45, 2.75) is 57.9 Å². The number of halogens is 1. The SMILES string of the molecule is C[C@@H](NCCCCCCCN1CC(=O)N(N)C1=O)c1ccc(F)c(OCC2CC2)c1. The summed E-state index contributed by atoms with van der Waals surface area (Å²) in [6.07, 6.45) is 7.47. The minimum absolute atomic E-state index is 0.0911. The molecule has 1 heterocycles. The number of imide groups is 1. The van der Waals surface area contributed by atoms with Crippen LogP contribution >= 0.6 is 0 Å². The Kier molecular flexibility index (Phi) is 8.04. The number of hydrogen-bond donors (Lipinski definition) is 2. The Labute approximate surface area is 177 Å². The van der Waals surface area contributed by atoms with Crippen LogP contribution in [-0.2, 0) is 4.79 Å². The van der Waals surface area contributed by atoms with Gasteiger partial charge in [0, 0.05) is 12.6 Å². The monoisotopic (exact) mass is 420 g/mol. The third-order valence-electron chi connectivity index (χ3n) is 5.75. The molecule has 1 aliphatic carbocycles. The van der Waals surface area contributed by atoms with Crippen molar-refractivity contribution in [3.63, 3.8) is 0 Å².